The topological polar surface area (TPSA) is 109 Å². The molecule has 218 valence electrons. The van der Waals surface area contributed by atoms with Crippen molar-refractivity contribution in [2.75, 3.05) is 6.54 Å². The highest BCUT2D eigenvalue weighted by Crippen LogP contribution is 2.67. The Bertz CT molecular complexity index is 1290. The van der Waals surface area contributed by atoms with E-state index in [1.807, 2.05) is 0 Å². The summed E-state index contributed by atoms with van der Waals surface area (Å²) in [5.74, 6) is -1.10. The molecule has 2 aromatic heterocycles. The van der Waals surface area contributed by atoms with Gasteiger partial charge in [0.1, 0.15) is 6.10 Å². The predicted molar refractivity (Wildman–Crippen MR) is 140 cm³/mol. The van der Waals surface area contributed by atoms with Gasteiger partial charge in [0.25, 0.3) is 5.91 Å². The minimum absolute atomic E-state index is 0.127. The standard InChI is InChI=1S/C28H34ClF3N4O4/c1-26(2)18-11-16(12-19(18)26)35(14-21(37)22-20(29)5-4-10-33-22)24(38)17-13-34-36(23(17)28(30,31)32)15-6-8-27(3,9-7-15)25(39)40/h4-5,10,13,15-16,18-19,21,37H,6-9,11-12,14H2,1-3H3,(H,39,40). The van der Waals surface area contributed by atoms with Gasteiger partial charge in [-0.1, -0.05) is 25.4 Å². The van der Waals surface area contributed by atoms with Crippen LogP contribution in [0.2, 0.25) is 5.02 Å². The summed E-state index contributed by atoms with van der Waals surface area (Å²) in [6.07, 6.45) is -1.67. The molecule has 0 radical (unpaired) electrons. The highest BCUT2D eigenvalue weighted by molar-refractivity contribution is 6.31. The summed E-state index contributed by atoms with van der Waals surface area (Å²) in [5, 5.41) is 24.8. The van der Waals surface area contributed by atoms with E-state index >= 15 is 0 Å². The molecular formula is C28H34ClF3N4O4. The summed E-state index contributed by atoms with van der Waals surface area (Å²) in [5.41, 5.74) is -2.43. The Morgan fingerprint density at radius 1 is 1.20 bits per heavy atom. The monoisotopic (exact) mass is 582 g/mol. The van der Waals surface area contributed by atoms with Crippen LogP contribution < -0.4 is 0 Å². The second-order valence-electron chi connectivity index (χ2n) is 12.4. The maximum atomic E-state index is 14.5. The largest absolute Gasteiger partial charge is 0.481 e. The maximum absolute atomic E-state index is 14.5. The van der Waals surface area contributed by atoms with Crippen LogP contribution in [0.15, 0.2) is 24.5 Å². The van der Waals surface area contributed by atoms with Crippen molar-refractivity contribution in [2.24, 2.45) is 22.7 Å². The summed E-state index contributed by atoms with van der Waals surface area (Å²) in [6.45, 7) is 5.64. The number of aliphatic carboxylic acids is 1. The van der Waals surface area contributed by atoms with Gasteiger partial charge in [-0.2, -0.15) is 18.3 Å². The van der Waals surface area contributed by atoms with Gasteiger partial charge in [-0.25, -0.2) is 0 Å². The fraction of sp³-hybridized carbons (Fsp3) is 0.643. The maximum Gasteiger partial charge on any atom is 0.433 e. The molecule has 3 unspecified atom stereocenters. The van der Waals surface area contributed by atoms with E-state index in [9.17, 15) is 33.0 Å². The van der Waals surface area contributed by atoms with Gasteiger partial charge in [0, 0.05) is 12.2 Å². The van der Waals surface area contributed by atoms with Gasteiger partial charge in [0.05, 0.1) is 40.5 Å². The predicted octanol–water partition coefficient (Wildman–Crippen LogP) is 5.77. The van der Waals surface area contributed by atoms with Crippen LogP contribution in [-0.2, 0) is 11.0 Å². The van der Waals surface area contributed by atoms with Gasteiger partial charge < -0.3 is 15.1 Å². The molecule has 0 spiro atoms. The lowest BCUT2D eigenvalue weighted by molar-refractivity contribution is -0.152. The number of hydrogen-bond acceptors (Lipinski definition) is 5. The molecule has 1 amide bonds. The Balaban J connectivity index is 1.46. The van der Waals surface area contributed by atoms with Crippen molar-refractivity contribution < 1.29 is 33.0 Å². The van der Waals surface area contributed by atoms with Crippen LogP contribution >= 0.6 is 11.6 Å². The average molecular weight is 583 g/mol. The van der Waals surface area contributed by atoms with Gasteiger partial charge in [0.2, 0.25) is 0 Å². The quantitative estimate of drug-likeness (QED) is 0.429. The number of carboxylic acid groups (broad SMARTS) is 1. The summed E-state index contributed by atoms with van der Waals surface area (Å²) < 4.78 is 44.4. The highest BCUT2D eigenvalue weighted by Gasteiger charge is 2.63. The molecule has 3 fully saturated rings. The molecule has 12 heteroatoms. The lowest BCUT2D eigenvalue weighted by Crippen LogP contribution is -2.43. The number of fused-ring (bicyclic) bond motifs is 1. The third-order valence-electron chi connectivity index (χ3n) is 9.73. The zero-order valence-corrected chi connectivity index (χ0v) is 23.4. The first-order valence-electron chi connectivity index (χ1n) is 13.6. The van der Waals surface area contributed by atoms with Crippen LogP contribution in [0.25, 0.3) is 0 Å². The van der Waals surface area contributed by atoms with Crippen LogP contribution in [0.5, 0.6) is 0 Å². The Kier molecular flexibility index (Phi) is 7.22. The minimum Gasteiger partial charge on any atom is -0.481 e. The number of aliphatic hydroxyl groups excluding tert-OH is 1. The third-order valence-corrected chi connectivity index (χ3v) is 10.0. The Labute approximate surface area is 235 Å². The number of nitrogens with zero attached hydrogens (tertiary/aromatic N) is 4. The van der Waals surface area contributed by atoms with E-state index in [0.29, 0.717) is 24.7 Å². The summed E-state index contributed by atoms with van der Waals surface area (Å²) in [6, 6.07) is 2.13. The number of rotatable bonds is 7. The highest BCUT2D eigenvalue weighted by atomic mass is 35.5. The lowest BCUT2D eigenvalue weighted by atomic mass is 9.74. The zero-order chi connectivity index (χ0) is 29.2. The lowest BCUT2D eigenvalue weighted by Gasteiger charge is -2.35. The molecule has 40 heavy (non-hydrogen) atoms. The number of aliphatic hydroxyl groups is 1. The van der Waals surface area contributed by atoms with E-state index in [1.54, 1.807) is 19.1 Å². The summed E-state index contributed by atoms with van der Waals surface area (Å²) >= 11 is 6.22. The molecule has 2 aromatic rings. The van der Waals surface area contributed by atoms with E-state index in [4.69, 9.17) is 11.6 Å². The fourth-order valence-electron chi connectivity index (χ4n) is 6.98. The first kappa shape index (κ1) is 28.9. The van der Waals surface area contributed by atoms with Crippen LogP contribution in [0.1, 0.15) is 93.2 Å². The van der Waals surface area contributed by atoms with Crippen molar-refractivity contribution in [3.8, 4) is 0 Å². The average Bonchev–Trinajstić information content (AvgIpc) is 3.31. The second kappa shape index (κ2) is 10.0. The number of pyridine rings is 1. The first-order valence-corrected chi connectivity index (χ1v) is 14.0. The summed E-state index contributed by atoms with van der Waals surface area (Å²) in [7, 11) is 0. The molecule has 0 aliphatic heterocycles. The molecule has 0 bridgehead atoms. The summed E-state index contributed by atoms with van der Waals surface area (Å²) in [4.78, 5) is 31.1. The molecule has 8 nitrogen and oxygen atoms in total. The van der Waals surface area contributed by atoms with Crippen molar-refractivity contribution in [1.82, 2.24) is 19.7 Å². The molecule has 2 heterocycles. The number of hydrogen-bond donors (Lipinski definition) is 2. The molecular weight excluding hydrogens is 549 g/mol. The van der Waals surface area contributed by atoms with Crippen LogP contribution in [0.3, 0.4) is 0 Å². The molecule has 3 saturated carbocycles. The van der Waals surface area contributed by atoms with Gasteiger partial charge in [-0.15, -0.1) is 0 Å². The van der Waals surface area contributed by atoms with Crippen molar-refractivity contribution in [3.63, 3.8) is 0 Å². The Hall–Kier alpha value is -2.66. The number of amides is 1. The Morgan fingerprint density at radius 3 is 2.38 bits per heavy atom. The smallest absolute Gasteiger partial charge is 0.433 e. The van der Waals surface area contributed by atoms with Gasteiger partial charge in [0.15, 0.2) is 5.69 Å². The van der Waals surface area contributed by atoms with Gasteiger partial charge in [-0.3, -0.25) is 19.3 Å². The van der Waals surface area contributed by atoms with Crippen LogP contribution in [-0.4, -0.2) is 54.3 Å². The number of carbonyl (C=O) groups excluding carboxylic acids is 1. The molecule has 0 aromatic carbocycles. The molecule has 0 saturated heterocycles. The number of carboxylic acids is 1. The zero-order valence-electron chi connectivity index (χ0n) is 22.7. The van der Waals surface area contributed by atoms with Crippen molar-refractivity contribution in [3.05, 3.63) is 46.5 Å². The molecule has 3 aliphatic rings. The molecule has 5 rings (SSSR count). The fourth-order valence-corrected chi connectivity index (χ4v) is 7.22. The van der Waals surface area contributed by atoms with Gasteiger partial charge in [-0.05, 0) is 74.8 Å². The Morgan fingerprint density at radius 2 is 1.82 bits per heavy atom. The van der Waals surface area contributed by atoms with E-state index in [0.717, 1.165) is 10.9 Å². The van der Waals surface area contributed by atoms with Crippen molar-refractivity contribution in [2.45, 2.75) is 83.7 Å². The number of carbonyl (C=O) groups is 2. The van der Waals surface area contributed by atoms with E-state index in [-0.39, 0.29) is 54.4 Å². The molecule has 3 aliphatic carbocycles. The van der Waals surface area contributed by atoms with E-state index in [2.05, 4.69) is 23.9 Å². The van der Waals surface area contributed by atoms with Crippen LogP contribution in [0, 0.1) is 22.7 Å². The van der Waals surface area contributed by atoms with E-state index < -0.39 is 46.9 Å². The number of aromatic nitrogens is 3. The first-order chi connectivity index (χ1) is 18.6. The normalized spacial score (nSPS) is 30.0. The van der Waals surface area contributed by atoms with Gasteiger partial charge >= 0.3 is 12.1 Å². The van der Waals surface area contributed by atoms with E-state index in [1.165, 1.54) is 11.1 Å². The van der Waals surface area contributed by atoms with Crippen molar-refractivity contribution >= 4 is 23.5 Å². The number of alkyl halides is 3. The minimum atomic E-state index is -4.87. The third kappa shape index (κ3) is 5.00. The number of halogens is 4. The van der Waals surface area contributed by atoms with Crippen molar-refractivity contribution in [1.29, 1.82) is 0 Å². The second-order valence-corrected chi connectivity index (χ2v) is 12.9. The van der Waals surface area contributed by atoms with Crippen LogP contribution in [0.4, 0.5) is 13.2 Å². The molecule has 3 atom stereocenters. The molecule has 2 N–H and O–H groups in total. The SMILES string of the molecule is CC1(C(=O)O)CCC(n2ncc(C(=O)N(CC(O)c3ncccc3Cl)C3CC4C(C3)C4(C)C)c2C(F)(F)F)CC1.